The van der Waals surface area contributed by atoms with Crippen molar-refractivity contribution in [3.63, 3.8) is 0 Å². The van der Waals surface area contributed by atoms with Gasteiger partial charge in [-0.3, -0.25) is 0 Å². The maximum atomic E-state index is 5.44. The lowest BCUT2D eigenvalue weighted by atomic mass is 10.2. The number of ether oxygens (including phenoxy) is 4. The zero-order chi connectivity index (χ0) is 8.97. The molecule has 4 nitrogen and oxygen atoms in total. The van der Waals surface area contributed by atoms with Crippen molar-refractivity contribution < 1.29 is 18.9 Å². The van der Waals surface area contributed by atoms with Crippen molar-refractivity contribution in [2.75, 3.05) is 27.4 Å². The lowest BCUT2D eigenvalue weighted by Crippen LogP contribution is -2.30. The van der Waals surface area contributed by atoms with E-state index < -0.39 is 0 Å². The molecule has 0 aromatic rings. The van der Waals surface area contributed by atoms with Crippen molar-refractivity contribution >= 4 is 0 Å². The van der Waals surface area contributed by atoms with E-state index in [0.29, 0.717) is 13.2 Å². The highest BCUT2D eigenvalue weighted by molar-refractivity contribution is 4.75. The lowest BCUT2D eigenvalue weighted by molar-refractivity contribution is -0.0628. The molecule has 1 heterocycles. The van der Waals surface area contributed by atoms with E-state index in [1.165, 1.54) is 0 Å². The van der Waals surface area contributed by atoms with E-state index in [9.17, 15) is 0 Å². The van der Waals surface area contributed by atoms with Crippen LogP contribution in [0, 0.1) is 0 Å². The maximum absolute atomic E-state index is 5.44. The van der Waals surface area contributed by atoms with E-state index >= 15 is 0 Å². The minimum Gasteiger partial charge on any atom is -0.382 e. The molecule has 4 heteroatoms. The fourth-order valence-corrected chi connectivity index (χ4v) is 1.32. The third kappa shape index (κ3) is 2.42. The normalized spacial score (nSPS) is 31.2. The smallest absolute Gasteiger partial charge is 0.156 e. The third-order valence-electron chi connectivity index (χ3n) is 1.81. The summed E-state index contributed by atoms with van der Waals surface area (Å²) in [5, 5.41) is 0. The average Bonchev–Trinajstić information content (AvgIpc) is 2.33. The largest absolute Gasteiger partial charge is 0.382 e. The summed E-state index contributed by atoms with van der Waals surface area (Å²) >= 11 is 0. The highest BCUT2D eigenvalue weighted by Crippen LogP contribution is 2.19. The van der Waals surface area contributed by atoms with Crippen LogP contribution in [0.2, 0.25) is 0 Å². The molecule has 0 aliphatic carbocycles. The summed E-state index contributed by atoms with van der Waals surface area (Å²) in [4.78, 5) is 0. The van der Waals surface area contributed by atoms with Gasteiger partial charge < -0.3 is 18.9 Å². The summed E-state index contributed by atoms with van der Waals surface area (Å²) in [6.07, 6.45) is -0.139. The zero-order valence-electron chi connectivity index (χ0n) is 7.78. The first-order valence-corrected chi connectivity index (χ1v) is 4.06. The molecule has 0 amide bonds. The van der Waals surface area contributed by atoms with Gasteiger partial charge in [-0.05, 0) is 6.92 Å². The summed E-state index contributed by atoms with van der Waals surface area (Å²) < 4.78 is 20.9. The van der Waals surface area contributed by atoms with E-state index in [4.69, 9.17) is 18.9 Å². The molecule has 0 bridgehead atoms. The van der Waals surface area contributed by atoms with Crippen LogP contribution in [0.1, 0.15) is 6.92 Å². The molecule has 0 radical (unpaired) electrons. The van der Waals surface area contributed by atoms with Gasteiger partial charge in [0.25, 0.3) is 0 Å². The minimum atomic E-state index is -0.148. The van der Waals surface area contributed by atoms with Gasteiger partial charge in [-0.2, -0.15) is 0 Å². The Morgan fingerprint density at radius 1 is 1.00 bits per heavy atom. The van der Waals surface area contributed by atoms with E-state index in [2.05, 4.69) is 0 Å². The molecule has 0 aromatic carbocycles. The maximum Gasteiger partial charge on any atom is 0.156 e. The lowest BCUT2D eigenvalue weighted by Gasteiger charge is -2.14. The van der Waals surface area contributed by atoms with Gasteiger partial charge in [-0.1, -0.05) is 0 Å². The van der Waals surface area contributed by atoms with Crippen LogP contribution in [-0.2, 0) is 18.9 Å². The first kappa shape index (κ1) is 9.92. The fraction of sp³-hybridized carbons (Fsp3) is 1.00. The van der Waals surface area contributed by atoms with Gasteiger partial charge in [0.1, 0.15) is 12.2 Å². The molecule has 1 saturated heterocycles. The molecule has 0 saturated carbocycles. The van der Waals surface area contributed by atoms with Gasteiger partial charge in [-0.25, -0.2) is 0 Å². The van der Waals surface area contributed by atoms with Crippen molar-refractivity contribution in [3.05, 3.63) is 0 Å². The van der Waals surface area contributed by atoms with Crippen LogP contribution in [0.5, 0.6) is 0 Å². The van der Waals surface area contributed by atoms with Gasteiger partial charge in [-0.15, -0.1) is 0 Å². The molecule has 1 aliphatic rings. The molecular weight excluding hydrogens is 160 g/mol. The Labute approximate surface area is 72.7 Å². The number of hydrogen-bond acceptors (Lipinski definition) is 4. The van der Waals surface area contributed by atoms with E-state index in [0.717, 1.165) is 0 Å². The van der Waals surface area contributed by atoms with Gasteiger partial charge >= 0.3 is 0 Å². The topological polar surface area (TPSA) is 36.9 Å². The van der Waals surface area contributed by atoms with Gasteiger partial charge in [0, 0.05) is 14.2 Å². The summed E-state index contributed by atoms with van der Waals surface area (Å²) in [5.74, 6) is 0. The van der Waals surface area contributed by atoms with Crippen molar-refractivity contribution in [1.29, 1.82) is 0 Å². The first-order chi connectivity index (χ1) is 5.77. The Balaban J connectivity index is 2.36. The van der Waals surface area contributed by atoms with E-state index in [-0.39, 0.29) is 18.5 Å². The molecule has 1 rings (SSSR count). The molecule has 12 heavy (non-hydrogen) atoms. The molecule has 72 valence electrons. The quantitative estimate of drug-likeness (QED) is 0.621. The standard InChI is InChI=1S/C8H16O4/c1-6-11-7(4-9-2)8(12-6)5-10-3/h6-8H,4-5H2,1-3H3/t7-,8-/m1/s1. The van der Waals surface area contributed by atoms with E-state index in [1.54, 1.807) is 14.2 Å². The van der Waals surface area contributed by atoms with Crippen LogP contribution >= 0.6 is 0 Å². The Hall–Kier alpha value is -0.160. The zero-order valence-corrected chi connectivity index (χ0v) is 7.78. The molecule has 0 spiro atoms. The van der Waals surface area contributed by atoms with Crippen LogP contribution < -0.4 is 0 Å². The number of methoxy groups -OCH3 is 2. The molecule has 2 atom stereocenters. The molecular formula is C8H16O4. The first-order valence-electron chi connectivity index (χ1n) is 4.06. The Morgan fingerprint density at radius 3 is 1.75 bits per heavy atom. The summed E-state index contributed by atoms with van der Waals surface area (Å²) in [6.45, 7) is 2.98. The monoisotopic (exact) mass is 176 g/mol. The summed E-state index contributed by atoms with van der Waals surface area (Å²) in [6, 6.07) is 0. The van der Waals surface area contributed by atoms with Gasteiger partial charge in [0.2, 0.25) is 0 Å². The van der Waals surface area contributed by atoms with Crippen LogP contribution in [-0.4, -0.2) is 45.9 Å². The summed E-state index contributed by atoms with van der Waals surface area (Å²) in [5.41, 5.74) is 0. The third-order valence-corrected chi connectivity index (χ3v) is 1.81. The Bertz CT molecular complexity index is 114. The number of rotatable bonds is 4. The molecule has 0 aromatic heterocycles. The van der Waals surface area contributed by atoms with Gasteiger partial charge in [0.15, 0.2) is 6.29 Å². The van der Waals surface area contributed by atoms with Crippen LogP contribution in [0.4, 0.5) is 0 Å². The average molecular weight is 176 g/mol. The fourth-order valence-electron chi connectivity index (χ4n) is 1.32. The second kappa shape index (κ2) is 4.77. The predicted molar refractivity (Wildman–Crippen MR) is 43.0 cm³/mol. The van der Waals surface area contributed by atoms with Crippen LogP contribution in [0.25, 0.3) is 0 Å². The van der Waals surface area contributed by atoms with Crippen molar-refractivity contribution in [1.82, 2.24) is 0 Å². The second-order valence-corrected chi connectivity index (χ2v) is 2.83. The van der Waals surface area contributed by atoms with Crippen molar-refractivity contribution in [2.24, 2.45) is 0 Å². The van der Waals surface area contributed by atoms with Crippen LogP contribution in [0.15, 0.2) is 0 Å². The van der Waals surface area contributed by atoms with Crippen molar-refractivity contribution in [3.8, 4) is 0 Å². The summed E-state index contributed by atoms with van der Waals surface area (Å²) in [7, 11) is 3.30. The Kier molecular flexibility index (Phi) is 3.94. The SMILES string of the molecule is COC[C@H]1OC(C)O[C@@H]1COC. The highest BCUT2D eigenvalue weighted by Gasteiger charge is 2.33. The molecule has 0 N–H and O–H groups in total. The minimum absolute atomic E-state index is 0.00458. The van der Waals surface area contributed by atoms with Gasteiger partial charge in [0.05, 0.1) is 13.2 Å². The predicted octanol–water partition coefficient (Wildman–Crippen LogP) is 0.409. The number of hydrogen-bond donors (Lipinski definition) is 0. The molecule has 1 aliphatic heterocycles. The van der Waals surface area contributed by atoms with Crippen LogP contribution in [0.3, 0.4) is 0 Å². The second-order valence-electron chi connectivity index (χ2n) is 2.83. The molecule has 1 fully saturated rings. The van der Waals surface area contributed by atoms with E-state index in [1.807, 2.05) is 6.92 Å². The molecule has 0 unspecified atom stereocenters. The Morgan fingerprint density at radius 2 is 1.42 bits per heavy atom. The van der Waals surface area contributed by atoms with Crippen molar-refractivity contribution in [2.45, 2.75) is 25.4 Å². The highest BCUT2D eigenvalue weighted by atomic mass is 16.7.